The molecule has 1 aromatic heterocycles. The maximum absolute atomic E-state index is 13.3. The van der Waals surface area contributed by atoms with E-state index in [4.69, 9.17) is 0 Å². The van der Waals surface area contributed by atoms with E-state index in [0.29, 0.717) is 16.3 Å². The minimum atomic E-state index is -1.36. The van der Waals surface area contributed by atoms with Gasteiger partial charge in [0.25, 0.3) is 23.3 Å². The summed E-state index contributed by atoms with van der Waals surface area (Å²) in [4.78, 5) is 64.7. The Hall–Kier alpha value is -5.06. The summed E-state index contributed by atoms with van der Waals surface area (Å²) in [7, 11) is 0. The van der Waals surface area contributed by atoms with Crippen molar-refractivity contribution in [3.63, 3.8) is 0 Å². The molecule has 0 spiro atoms. The third kappa shape index (κ3) is 4.13. The summed E-state index contributed by atoms with van der Waals surface area (Å²) in [5.74, 6) is -2.14. The predicted molar refractivity (Wildman–Crippen MR) is 139 cm³/mol. The molecule has 11 heteroatoms. The van der Waals surface area contributed by atoms with Crippen molar-refractivity contribution in [3.05, 3.63) is 88.3 Å². The van der Waals surface area contributed by atoms with E-state index in [0.717, 1.165) is 20.4 Å². The van der Waals surface area contributed by atoms with E-state index >= 15 is 0 Å². The molecule has 1 aliphatic heterocycles. The van der Waals surface area contributed by atoms with E-state index in [-0.39, 0.29) is 17.8 Å². The zero-order chi connectivity index (χ0) is 27.0. The van der Waals surface area contributed by atoms with Gasteiger partial charge in [0.2, 0.25) is 0 Å². The number of carbonyl (C=O) groups is 4. The Kier molecular flexibility index (Phi) is 6.11. The molecule has 0 radical (unpaired) electrons. The molecule has 11 nitrogen and oxygen atoms in total. The quantitative estimate of drug-likeness (QED) is 0.275. The van der Waals surface area contributed by atoms with Gasteiger partial charge in [-0.05, 0) is 42.3 Å². The van der Waals surface area contributed by atoms with E-state index in [1.165, 1.54) is 0 Å². The number of hydrogen-bond acceptors (Lipinski definition) is 6. The van der Waals surface area contributed by atoms with Crippen molar-refractivity contribution < 1.29 is 19.2 Å². The number of benzene rings is 3. The van der Waals surface area contributed by atoms with Crippen LogP contribution < -0.4 is 21.7 Å². The van der Waals surface area contributed by atoms with E-state index < -0.39 is 35.8 Å². The molecular weight excluding hydrogens is 488 g/mol. The van der Waals surface area contributed by atoms with Crippen molar-refractivity contribution in [2.45, 2.75) is 25.9 Å². The monoisotopic (exact) mass is 512 g/mol. The van der Waals surface area contributed by atoms with Gasteiger partial charge in [-0.2, -0.15) is 5.10 Å². The highest BCUT2D eigenvalue weighted by Gasteiger charge is 2.49. The van der Waals surface area contributed by atoms with Crippen LogP contribution in [0.15, 0.2) is 71.5 Å². The molecule has 1 fully saturated rings. The van der Waals surface area contributed by atoms with Gasteiger partial charge in [-0.25, -0.2) is 9.48 Å². The molecule has 0 unspecified atom stereocenters. The van der Waals surface area contributed by atoms with Gasteiger partial charge in [-0.15, -0.1) is 0 Å². The van der Waals surface area contributed by atoms with E-state index in [1.807, 2.05) is 36.4 Å². The first kappa shape index (κ1) is 24.6. The number of hydrogen-bond donors (Lipinski definition) is 3. The van der Waals surface area contributed by atoms with Crippen molar-refractivity contribution in [1.29, 1.82) is 0 Å². The minimum Gasteiger partial charge on any atom is -0.319 e. The van der Waals surface area contributed by atoms with E-state index in [9.17, 15) is 24.0 Å². The molecule has 0 aliphatic carbocycles. The maximum atomic E-state index is 13.3. The highest BCUT2D eigenvalue weighted by Crippen LogP contribution is 2.30. The summed E-state index contributed by atoms with van der Waals surface area (Å²) in [6.07, 6.45) is 0. The molecular formula is C27H24N6O5. The van der Waals surface area contributed by atoms with Gasteiger partial charge < -0.3 is 5.32 Å². The van der Waals surface area contributed by atoms with Crippen molar-refractivity contribution in [2.24, 2.45) is 0 Å². The largest absolute Gasteiger partial charge is 0.325 e. The van der Waals surface area contributed by atoms with Crippen LogP contribution in [0.3, 0.4) is 0 Å². The Morgan fingerprint density at radius 1 is 0.921 bits per heavy atom. The SMILES string of the molecule is CCn1nc(C(=O)NNC(=O)CN2C(=O)N[C@@](C)(c3ccc4ccccc4c3)C2=O)c2ccccc2c1=O. The molecule has 5 rings (SSSR count). The molecule has 1 aliphatic rings. The third-order valence-corrected chi connectivity index (χ3v) is 6.60. The van der Waals surface area contributed by atoms with Gasteiger partial charge in [0.1, 0.15) is 12.1 Å². The molecule has 3 aromatic carbocycles. The lowest BCUT2D eigenvalue weighted by molar-refractivity contribution is -0.135. The van der Waals surface area contributed by atoms with Crippen molar-refractivity contribution in [1.82, 2.24) is 30.8 Å². The van der Waals surface area contributed by atoms with Crippen LogP contribution >= 0.6 is 0 Å². The first-order chi connectivity index (χ1) is 18.2. The topological polar surface area (TPSA) is 142 Å². The highest BCUT2D eigenvalue weighted by molar-refractivity contribution is 6.10. The van der Waals surface area contributed by atoms with Crippen LogP contribution in [-0.2, 0) is 21.7 Å². The highest BCUT2D eigenvalue weighted by atomic mass is 16.2. The van der Waals surface area contributed by atoms with Gasteiger partial charge in [-0.3, -0.25) is 34.9 Å². The number of aryl methyl sites for hydroxylation is 1. The Morgan fingerprint density at radius 3 is 2.34 bits per heavy atom. The minimum absolute atomic E-state index is 0.0544. The molecule has 3 N–H and O–H groups in total. The first-order valence-corrected chi connectivity index (χ1v) is 12.0. The number of rotatable bonds is 5. The van der Waals surface area contributed by atoms with Gasteiger partial charge in [0.05, 0.1) is 5.39 Å². The van der Waals surface area contributed by atoms with Gasteiger partial charge >= 0.3 is 6.03 Å². The molecule has 2 heterocycles. The normalized spacial score (nSPS) is 17.1. The second-order valence-corrected chi connectivity index (χ2v) is 9.03. The second kappa shape index (κ2) is 9.43. The standard InChI is InChI=1S/C27H24N6O5/c1-3-33-24(36)20-11-7-6-10-19(20)22(31-33)23(35)30-29-21(34)15-32-25(37)27(2,28-26(32)38)18-13-12-16-8-4-5-9-17(16)14-18/h4-14H,3,15H2,1-2H3,(H,28,38)(H,29,34)(H,30,35)/t27-/m0/s1. The Balaban J connectivity index is 1.30. The van der Waals surface area contributed by atoms with Crippen LogP contribution in [0.4, 0.5) is 4.79 Å². The van der Waals surface area contributed by atoms with Crippen LogP contribution in [0.5, 0.6) is 0 Å². The summed E-state index contributed by atoms with van der Waals surface area (Å²) in [5.41, 5.74) is 3.30. The zero-order valence-electron chi connectivity index (χ0n) is 20.6. The summed E-state index contributed by atoms with van der Waals surface area (Å²) in [5, 5.41) is 9.32. The summed E-state index contributed by atoms with van der Waals surface area (Å²) >= 11 is 0. The number of nitrogens with zero attached hydrogens (tertiary/aromatic N) is 3. The fourth-order valence-electron chi connectivity index (χ4n) is 4.52. The van der Waals surface area contributed by atoms with Crippen LogP contribution in [0.25, 0.3) is 21.5 Å². The Labute approximate surface area is 216 Å². The molecule has 192 valence electrons. The summed E-state index contributed by atoms with van der Waals surface area (Å²) in [6.45, 7) is 2.93. The van der Waals surface area contributed by atoms with Crippen LogP contribution in [0.2, 0.25) is 0 Å². The number of urea groups is 1. The molecule has 38 heavy (non-hydrogen) atoms. The molecule has 0 saturated carbocycles. The molecule has 5 amide bonds. The average Bonchev–Trinajstić information content (AvgIpc) is 3.15. The molecule has 4 aromatic rings. The zero-order valence-corrected chi connectivity index (χ0v) is 20.6. The number of carbonyl (C=O) groups excluding carboxylic acids is 4. The van der Waals surface area contributed by atoms with Crippen molar-refractivity contribution in [2.75, 3.05) is 6.54 Å². The number of nitrogens with one attached hydrogen (secondary N) is 3. The number of imide groups is 1. The number of aromatic nitrogens is 2. The maximum Gasteiger partial charge on any atom is 0.325 e. The smallest absolute Gasteiger partial charge is 0.319 e. The number of hydrazine groups is 1. The van der Waals surface area contributed by atoms with Crippen LogP contribution in [-0.4, -0.2) is 45.0 Å². The lowest BCUT2D eigenvalue weighted by Crippen LogP contribution is -2.48. The summed E-state index contributed by atoms with van der Waals surface area (Å²) in [6, 6.07) is 18.9. The van der Waals surface area contributed by atoms with Crippen LogP contribution in [0, 0.1) is 0 Å². The lowest BCUT2D eigenvalue weighted by Gasteiger charge is -2.22. The average molecular weight is 513 g/mol. The van der Waals surface area contributed by atoms with E-state index in [1.54, 1.807) is 44.2 Å². The van der Waals surface area contributed by atoms with Gasteiger partial charge in [0, 0.05) is 11.9 Å². The fraction of sp³-hybridized carbons (Fsp3) is 0.185. The molecule has 1 atom stereocenters. The van der Waals surface area contributed by atoms with Crippen LogP contribution in [0.1, 0.15) is 29.9 Å². The Morgan fingerprint density at radius 2 is 1.61 bits per heavy atom. The van der Waals surface area contributed by atoms with Crippen molar-refractivity contribution in [3.8, 4) is 0 Å². The number of fused-ring (bicyclic) bond motifs is 2. The van der Waals surface area contributed by atoms with Gasteiger partial charge in [0.15, 0.2) is 5.69 Å². The Bertz CT molecular complexity index is 1700. The second-order valence-electron chi connectivity index (χ2n) is 9.03. The van der Waals surface area contributed by atoms with E-state index in [2.05, 4.69) is 21.3 Å². The molecule has 0 bridgehead atoms. The fourth-order valence-corrected chi connectivity index (χ4v) is 4.52. The predicted octanol–water partition coefficient (Wildman–Crippen LogP) is 1.80. The van der Waals surface area contributed by atoms with Gasteiger partial charge in [-0.1, -0.05) is 54.6 Å². The summed E-state index contributed by atoms with van der Waals surface area (Å²) < 4.78 is 1.15. The van der Waals surface area contributed by atoms with Crippen molar-refractivity contribution >= 4 is 45.3 Å². The lowest BCUT2D eigenvalue weighted by atomic mass is 9.90. The third-order valence-electron chi connectivity index (χ3n) is 6.60. The number of amides is 5. The first-order valence-electron chi connectivity index (χ1n) is 12.0. The molecule has 1 saturated heterocycles.